The van der Waals surface area contributed by atoms with Crippen LogP contribution < -0.4 is 11.1 Å². The zero-order valence-electron chi connectivity index (χ0n) is 13.3. The maximum atomic E-state index is 12.7. The number of hydrogen-bond donors (Lipinski definition) is 2. The second kappa shape index (κ2) is 6.75. The number of rotatable bonds is 4. The molecule has 0 aliphatic rings. The molecule has 0 aliphatic heterocycles. The minimum Gasteiger partial charge on any atom is -0.382 e. The Hall–Kier alpha value is -2.18. The third kappa shape index (κ3) is 3.34. The number of halogens is 1. The highest BCUT2D eigenvalue weighted by Gasteiger charge is 2.18. The van der Waals surface area contributed by atoms with Gasteiger partial charge in [0, 0.05) is 15.7 Å². The van der Waals surface area contributed by atoms with E-state index in [0.29, 0.717) is 15.6 Å². The van der Waals surface area contributed by atoms with Gasteiger partial charge in [0.1, 0.15) is 10.7 Å². The number of ketones is 1. The van der Waals surface area contributed by atoms with Crippen LogP contribution in [0.5, 0.6) is 0 Å². The highest BCUT2D eigenvalue weighted by molar-refractivity contribution is 9.10. The fourth-order valence-corrected chi connectivity index (χ4v) is 3.68. The quantitative estimate of drug-likeness (QED) is 0.598. The van der Waals surface area contributed by atoms with Gasteiger partial charge in [0.15, 0.2) is 5.13 Å². The van der Waals surface area contributed by atoms with Gasteiger partial charge in [-0.1, -0.05) is 57.6 Å². The van der Waals surface area contributed by atoms with Crippen LogP contribution in [0.15, 0.2) is 46.9 Å². The Bertz CT molecular complexity index is 900. The number of nitrogens with one attached hydrogen (secondary N) is 1. The van der Waals surface area contributed by atoms with Crippen molar-refractivity contribution < 1.29 is 4.79 Å². The van der Waals surface area contributed by atoms with Crippen molar-refractivity contribution in [1.82, 2.24) is 4.98 Å². The molecule has 0 saturated heterocycles. The normalized spacial score (nSPS) is 10.6. The van der Waals surface area contributed by atoms with Crippen molar-refractivity contribution in [2.24, 2.45) is 0 Å². The number of carbonyl (C=O) groups is 1. The molecule has 6 heteroatoms. The molecule has 0 bridgehead atoms. The zero-order chi connectivity index (χ0) is 17.3. The lowest BCUT2D eigenvalue weighted by Gasteiger charge is -2.09. The third-order valence-electron chi connectivity index (χ3n) is 3.66. The van der Waals surface area contributed by atoms with Crippen molar-refractivity contribution in [1.29, 1.82) is 0 Å². The number of thiazole rings is 1. The van der Waals surface area contributed by atoms with E-state index in [1.54, 1.807) is 12.1 Å². The van der Waals surface area contributed by atoms with E-state index in [2.05, 4.69) is 26.2 Å². The number of aromatic nitrogens is 1. The standard InChI is InChI=1S/C18H16BrN3OS/c1-10-5-3-6-11(2)14(10)21-18-22-17(20)16(24-18)15(23)12-7-4-8-13(19)9-12/h3-9H,20H2,1-2H3,(H,21,22). The van der Waals surface area contributed by atoms with Crippen LogP contribution in [0.3, 0.4) is 0 Å². The predicted molar refractivity (Wildman–Crippen MR) is 103 cm³/mol. The van der Waals surface area contributed by atoms with Gasteiger partial charge in [-0.2, -0.15) is 0 Å². The number of carbonyl (C=O) groups excluding carboxylic acids is 1. The summed E-state index contributed by atoms with van der Waals surface area (Å²) in [6, 6.07) is 13.3. The SMILES string of the molecule is Cc1cccc(C)c1Nc1nc(N)c(C(=O)c2cccc(Br)c2)s1. The fourth-order valence-electron chi connectivity index (χ4n) is 2.43. The number of anilines is 3. The van der Waals surface area contributed by atoms with E-state index in [1.165, 1.54) is 11.3 Å². The van der Waals surface area contributed by atoms with Crippen LogP contribution in [0.1, 0.15) is 26.4 Å². The van der Waals surface area contributed by atoms with Gasteiger partial charge in [0.2, 0.25) is 5.78 Å². The molecule has 122 valence electrons. The topological polar surface area (TPSA) is 68.0 Å². The van der Waals surface area contributed by atoms with Gasteiger partial charge in [-0.25, -0.2) is 4.98 Å². The van der Waals surface area contributed by atoms with E-state index < -0.39 is 0 Å². The van der Waals surface area contributed by atoms with Gasteiger partial charge in [-0.3, -0.25) is 4.79 Å². The van der Waals surface area contributed by atoms with Crippen molar-refractivity contribution in [3.63, 3.8) is 0 Å². The lowest BCUT2D eigenvalue weighted by molar-refractivity contribution is 0.104. The predicted octanol–water partition coefficient (Wildman–Crippen LogP) is 5.08. The lowest BCUT2D eigenvalue weighted by Crippen LogP contribution is -2.02. The average Bonchev–Trinajstić information content (AvgIpc) is 2.91. The van der Waals surface area contributed by atoms with E-state index in [9.17, 15) is 4.79 Å². The molecule has 3 N–H and O–H groups in total. The van der Waals surface area contributed by atoms with Gasteiger partial charge >= 0.3 is 0 Å². The van der Waals surface area contributed by atoms with Crippen LogP contribution in [0.4, 0.5) is 16.6 Å². The monoisotopic (exact) mass is 401 g/mol. The summed E-state index contributed by atoms with van der Waals surface area (Å²) < 4.78 is 0.852. The molecule has 2 aromatic carbocycles. The van der Waals surface area contributed by atoms with Crippen molar-refractivity contribution in [3.05, 3.63) is 68.5 Å². The molecule has 0 fully saturated rings. The second-order valence-corrected chi connectivity index (χ2v) is 7.38. The van der Waals surface area contributed by atoms with Gasteiger partial charge in [0.25, 0.3) is 0 Å². The molecular formula is C18H16BrN3OS. The van der Waals surface area contributed by atoms with E-state index in [-0.39, 0.29) is 11.6 Å². The number of nitrogens with two attached hydrogens (primary N) is 1. The van der Waals surface area contributed by atoms with Crippen LogP contribution in [0.25, 0.3) is 0 Å². The Morgan fingerprint density at radius 2 is 1.83 bits per heavy atom. The van der Waals surface area contributed by atoms with Gasteiger partial charge < -0.3 is 11.1 Å². The minimum atomic E-state index is -0.124. The molecule has 0 aliphatic carbocycles. The van der Waals surface area contributed by atoms with Crippen LogP contribution in [0.2, 0.25) is 0 Å². The molecule has 0 amide bonds. The highest BCUT2D eigenvalue weighted by Crippen LogP contribution is 2.32. The molecule has 1 aromatic heterocycles. The van der Waals surface area contributed by atoms with E-state index in [4.69, 9.17) is 5.73 Å². The van der Waals surface area contributed by atoms with Crippen molar-refractivity contribution in [2.75, 3.05) is 11.1 Å². The highest BCUT2D eigenvalue weighted by atomic mass is 79.9. The number of nitrogen functional groups attached to an aromatic ring is 1. The molecule has 0 saturated carbocycles. The fraction of sp³-hybridized carbons (Fsp3) is 0.111. The summed E-state index contributed by atoms with van der Waals surface area (Å²) in [5.74, 6) is 0.125. The largest absolute Gasteiger partial charge is 0.382 e. The van der Waals surface area contributed by atoms with Crippen LogP contribution in [0, 0.1) is 13.8 Å². The first kappa shape index (κ1) is 16.7. The number of nitrogens with zero attached hydrogens (tertiary/aromatic N) is 1. The first-order chi connectivity index (χ1) is 11.5. The van der Waals surface area contributed by atoms with E-state index in [0.717, 1.165) is 21.3 Å². The summed E-state index contributed by atoms with van der Waals surface area (Å²) in [6.07, 6.45) is 0. The van der Waals surface area contributed by atoms with Crippen molar-refractivity contribution in [3.8, 4) is 0 Å². The number of aryl methyl sites for hydroxylation is 2. The lowest BCUT2D eigenvalue weighted by atomic mass is 10.1. The van der Waals surface area contributed by atoms with E-state index >= 15 is 0 Å². The summed E-state index contributed by atoms with van der Waals surface area (Å²) >= 11 is 4.65. The van der Waals surface area contributed by atoms with Crippen LogP contribution in [-0.2, 0) is 0 Å². The van der Waals surface area contributed by atoms with Crippen LogP contribution in [-0.4, -0.2) is 10.8 Å². The first-order valence-corrected chi connectivity index (χ1v) is 8.96. The number of para-hydroxylation sites is 1. The zero-order valence-corrected chi connectivity index (χ0v) is 15.7. The summed E-state index contributed by atoms with van der Waals surface area (Å²) in [6.45, 7) is 4.06. The second-order valence-electron chi connectivity index (χ2n) is 5.46. The maximum absolute atomic E-state index is 12.7. The molecule has 0 radical (unpaired) electrons. The first-order valence-electron chi connectivity index (χ1n) is 7.35. The summed E-state index contributed by atoms with van der Waals surface area (Å²) in [5.41, 5.74) is 9.78. The Balaban J connectivity index is 1.92. The molecule has 3 rings (SSSR count). The van der Waals surface area contributed by atoms with E-state index in [1.807, 2.05) is 44.2 Å². The molecule has 0 unspecified atom stereocenters. The Kier molecular flexibility index (Phi) is 4.69. The van der Waals surface area contributed by atoms with Gasteiger partial charge in [-0.05, 0) is 37.1 Å². The molecule has 3 aromatic rings. The summed E-state index contributed by atoms with van der Waals surface area (Å²) in [5, 5.41) is 3.90. The summed E-state index contributed by atoms with van der Waals surface area (Å²) in [4.78, 5) is 17.4. The molecule has 24 heavy (non-hydrogen) atoms. The van der Waals surface area contributed by atoms with Gasteiger partial charge in [0.05, 0.1) is 0 Å². The minimum absolute atomic E-state index is 0.124. The number of benzene rings is 2. The van der Waals surface area contributed by atoms with Crippen molar-refractivity contribution >= 4 is 49.7 Å². The smallest absolute Gasteiger partial charge is 0.206 e. The Morgan fingerprint density at radius 1 is 1.17 bits per heavy atom. The Labute approximate surface area is 152 Å². The molecule has 0 atom stereocenters. The third-order valence-corrected chi connectivity index (χ3v) is 5.14. The Morgan fingerprint density at radius 3 is 2.50 bits per heavy atom. The van der Waals surface area contributed by atoms with Gasteiger partial charge in [-0.15, -0.1) is 0 Å². The maximum Gasteiger partial charge on any atom is 0.206 e. The molecular weight excluding hydrogens is 386 g/mol. The number of hydrogen-bond acceptors (Lipinski definition) is 5. The average molecular weight is 402 g/mol. The van der Waals surface area contributed by atoms with Crippen molar-refractivity contribution in [2.45, 2.75) is 13.8 Å². The molecule has 4 nitrogen and oxygen atoms in total. The molecule has 0 spiro atoms. The van der Waals surface area contributed by atoms with Crippen LogP contribution >= 0.6 is 27.3 Å². The molecule has 1 heterocycles. The summed E-state index contributed by atoms with van der Waals surface area (Å²) in [7, 11) is 0.